The van der Waals surface area contributed by atoms with E-state index in [-0.39, 0.29) is 12.1 Å². The van der Waals surface area contributed by atoms with Crippen LogP contribution in [-0.2, 0) is 4.74 Å². The van der Waals surface area contributed by atoms with E-state index in [0.717, 1.165) is 17.9 Å². The van der Waals surface area contributed by atoms with Crippen molar-refractivity contribution in [2.45, 2.75) is 32.9 Å². The third kappa shape index (κ3) is 4.36. The van der Waals surface area contributed by atoms with Crippen LogP contribution < -0.4 is 10.1 Å². The van der Waals surface area contributed by atoms with Gasteiger partial charge in [0.2, 0.25) is 0 Å². The number of para-hydroxylation sites is 1. The summed E-state index contributed by atoms with van der Waals surface area (Å²) in [4.78, 5) is 0. The molecule has 0 fully saturated rings. The van der Waals surface area contributed by atoms with Gasteiger partial charge in [-0.2, -0.15) is 0 Å². The minimum atomic E-state index is 0.171. The molecular formula is C14H23NO2. The van der Waals surface area contributed by atoms with Crippen LogP contribution in [0.2, 0.25) is 0 Å². The Labute approximate surface area is 104 Å². The van der Waals surface area contributed by atoms with E-state index in [1.54, 1.807) is 0 Å². The molecule has 1 atom stereocenters. The van der Waals surface area contributed by atoms with Gasteiger partial charge in [-0.3, -0.25) is 0 Å². The molecule has 0 saturated carbocycles. The molecule has 3 nitrogen and oxygen atoms in total. The van der Waals surface area contributed by atoms with Gasteiger partial charge in [-0.15, -0.1) is 0 Å². The molecule has 0 bridgehead atoms. The van der Waals surface area contributed by atoms with Crippen LogP contribution in [0.3, 0.4) is 0 Å². The normalized spacial score (nSPS) is 12.8. The van der Waals surface area contributed by atoms with Gasteiger partial charge in [0.1, 0.15) is 5.75 Å². The van der Waals surface area contributed by atoms with E-state index in [0.29, 0.717) is 6.61 Å². The van der Waals surface area contributed by atoms with Gasteiger partial charge in [0.25, 0.3) is 0 Å². The van der Waals surface area contributed by atoms with Gasteiger partial charge >= 0.3 is 0 Å². The molecule has 0 amide bonds. The zero-order chi connectivity index (χ0) is 12.7. The van der Waals surface area contributed by atoms with Crippen molar-refractivity contribution in [3.8, 4) is 5.75 Å². The molecule has 0 heterocycles. The summed E-state index contributed by atoms with van der Waals surface area (Å²) in [5.74, 6) is 0.932. The smallest absolute Gasteiger partial charge is 0.124 e. The number of hydrogen-bond donors (Lipinski definition) is 1. The highest BCUT2D eigenvalue weighted by Crippen LogP contribution is 2.26. The standard InChI is InChI=1S/C14H23NO2/c1-5-16-10-13(15-4)12-8-6-7-9-14(12)17-11(2)3/h6-9,11,13,15H,5,10H2,1-4H3. The van der Waals surface area contributed by atoms with Crippen molar-refractivity contribution in [1.82, 2.24) is 5.32 Å². The lowest BCUT2D eigenvalue weighted by molar-refractivity contribution is 0.123. The van der Waals surface area contributed by atoms with Crippen LogP contribution in [0.4, 0.5) is 0 Å². The fourth-order valence-electron chi connectivity index (χ4n) is 1.69. The lowest BCUT2D eigenvalue weighted by Gasteiger charge is -2.21. The van der Waals surface area contributed by atoms with Gasteiger partial charge in [-0.25, -0.2) is 0 Å². The lowest BCUT2D eigenvalue weighted by atomic mass is 10.1. The Kier molecular flexibility index (Phi) is 6.01. The lowest BCUT2D eigenvalue weighted by Crippen LogP contribution is -2.23. The van der Waals surface area contributed by atoms with Crippen molar-refractivity contribution in [1.29, 1.82) is 0 Å². The summed E-state index contributed by atoms with van der Waals surface area (Å²) in [7, 11) is 1.94. The van der Waals surface area contributed by atoms with E-state index in [1.165, 1.54) is 0 Å². The zero-order valence-electron chi connectivity index (χ0n) is 11.2. The van der Waals surface area contributed by atoms with Gasteiger partial charge in [0, 0.05) is 12.2 Å². The number of likely N-dealkylation sites (N-methyl/N-ethyl adjacent to an activating group) is 1. The molecule has 0 radical (unpaired) electrons. The Hall–Kier alpha value is -1.06. The van der Waals surface area contributed by atoms with E-state index >= 15 is 0 Å². The van der Waals surface area contributed by atoms with Crippen molar-refractivity contribution in [2.75, 3.05) is 20.3 Å². The van der Waals surface area contributed by atoms with Crippen LogP contribution in [0.1, 0.15) is 32.4 Å². The van der Waals surface area contributed by atoms with Crippen molar-refractivity contribution in [3.63, 3.8) is 0 Å². The molecule has 1 aromatic rings. The van der Waals surface area contributed by atoms with E-state index in [1.807, 2.05) is 46.0 Å². The molecule has 1 unspecified atom stereocenters. The van der Waals surface area contributed by atoms with Gasteiger partial charge < -0.3 is 14.8 Å². The molecule has 0 aliphatic carbocycles. The maximum Gasteiger partial charge on any atom is 0.124 e. The second kappa shape index (κ2) is 7.30. The highest BCUT2D eigenvalue weighted by Gasteiger charge is 2.14. The summed E-state index contributed by atoms with van der Waals surface area (Å²) in [5, 5.41) is 3.26. The molecule has 0 aliphatic heterocycles. The van der Waals surface area contributed by atoms with Crippen molar-refractivity contribution in [3.05, 3.63) is 29.8 Å². The zero-order valence-corrected chi connectivity index (χ0v) is 11.2. The first-order chi connectivity index (χ1) is 8.19. The van der Waals surface area contributed by atoms with Crippen molar-refractivity contribution >= 4 is 0 Å². The van der Waals surface area contributed by atoms with Crippen molar-refractivity contribution in [2.24, 2.45) is 0 Å². The maximum absolute atomic E-state index is 5.81. The maximum atomic E-state index is 5.81. The molecule has 1 aromatic carbocycles. The fraction of sp³-hybridized carbons (Fsp3) is 0.571. The van der Waals surface area contributed by atoms with Gasteiger partial charge in [0.15, 0.2) is 0 Å². The number of rotatable bonds is 7. The quantitative estimate of drug-likeness (QED) is 0.791. The van der Waals surface area contributed by atoms with E-state index in [2.05, 4.69) is 11.4 Å². The first kappa shape index (κ1) is 14.0. The predicted octanol–water partition coefficient (Wildman–Crippen LogP) is 2.77. The van der Waals surface area contributed by atoms with Crippen LogP contribution >= 0.6 is 0 Å². The molecule has 17 heavy (non-hydrogen) atoms. The molecule has 0 spiro atoms. The van der Waals surface area contributed by atoms with Crippen LogP contribution in [0.5, 0.6) is 5.75 Å². The van der Waals surface area contributed by atoms with Gasteiger partial charge in [0.05, 0.1) is 18.8 Å². The summed E-state index contributed by atoms with van der Waals surface area (Å²) in [6, 6.07) is 8.28. The van der Waals surface area contributed by atoms with Crippen LogP contribution in [0, 0.1) is 0 Å². The molecule has 96 valence electrons. The second-order valence-corrected chi connectivity index (χ2v) is 4.21. The van der Waals surface area contributed by atoms with Crippen LogP contribution in [0.15, 0.2) is 24.3 Å². The first-order valence-electron chi connectivity index (χ1n) is 6.19. The van der Waals surface area contributed by atoms with Gasteiger partial charge in [-0.05, 0) is 33.9 Å². The minimum Gasteiger partial charge on any atom is -0.491 e. The Morgan fingerprint density at radius 3 is 2.53 bits per heavy atom. The average Bonchev–Trinajstić information content (AvgIpc) is 2.31. The third-order valence-electron chi connectivity index (χ3n) is 2.49. The summed E-state index contributed by atoms with van der Waals surface area (Å²) in [5.41, 5.74) is 1.15. The summed E-state index contributed by atoms with van der Waals surface area (Å²) >= 11 is 0. The topological polar surface area (TPSA) is 30.5 Å². The Balaban J connectivity index is 2.85. The Bertz CT molecular complexity index is 326. The molecular weight excluding hydrogens is 214 g/mol. The number of nitrogens with one attached hydrogen (secondary N) is 1. The molecule has 3 heteroatoms. The SMILES string of the molecule is CCOCC(NC)c1ccccc1OC(C)C. The van der Waals surface area contributed by atoms with E-state index < -0.39 is 0 Å². The third-order valence-corrected chi connectivity index (χ3v) is 2.49. The second-order valence-electron chi connectivity index (χ2n) is 4.21. The molecule has 0 aliphatic rings. The molecule has 1 N–H and O–H groups in total. The van der Waals surface area contributed by atoms with E-state index in [4.69, 9.17) is 9.47 Å². The first-order valence-corrected chi connectivity index (χ1v) is 6.19. The number of hydrogen-bond acceptors (Lipinski definition) is 3. The molecule has 0 saturated heterocycles. The molecule has 1 rings (SSSR count). The summed E-state index contributed by atoms with van der Waals surface area (Å²) < 4.78 is 11.3. The van der Waals surface area contributed by atoms with E-state index in [9.17, 15) is 0 Å². The largest absolute Gasteiger partial charge is 0.491 e. The minimum absolute atomic E-state index is 0.171. The van der Waals surface area contributed by atoms with Gasteiger partial charge in [-0.1, -0.05) is 18.2 Å². The molecule has 0 aromatic heterocycles. The summed E-state index contributed by atoms with van der Waals surface area (Å²) in [6.07, 6.45) is 0.181. The Morgan fingerprint density at radius 1 is 1.24 bits per heavy atom. The fourth-order valence-corrected chi connectivity index (χ4v) is 1.69. The number of benzene rings is 1. The highest BCUT2D eigenvalue weighted by molar-refractivity contribution is 5.36. The Morgan fingerprint density at radius 2 is 1.94 bits per heavy atom. The predicted molar refractivity (Wildman–Crippen MR) is 70.5 cm³/mol. The monoisotopic (exact) mass is 237 g/mol. The highest BCUT2D eigenvalue weighted by atomic mass is 16.5. The van der Waals surface area contributed by atoms with Crippen LogP contribution in [-0.4, -0.2) is 26.4 Å². The summed E-state index contributed by atoms with van der Waals surface area (Å²) in [6.45, 7) is 7.46. The average molecular weight is 237 g/mol. The van der Waals surface area contributed by atoms with Crippen LogP contribution in [0.25, 0.3) is 0 Å². The number of ether oxygens (including phenoxy) is 2. The van der Waals surface area contributed by atoms with Crippen molar-refractivity contribution < 1.29 is 9.47 Å².